The lowest BCUT2D eigenvalue weighted by Gasteiger charge is -2.33. The van der Waals surface area contributed by atoms with E-state index in [9.17, 15) is 9.59 Å². The van der Waals surface area contributed by atoms with Crippen molar-refractivity contribution in [3.63, 3.8) is 0 Å². The highest BCUT2D eigenvalue weighted by Crippen LogP contribution is 2.22. The van der Waals surface area contributed by atoms with Gasteiger partial charge in [-0.1, -0.05) is 11.6 Å². The van der Waals surface area contributed by atoms with E-state index >= 15 is 0 Å². The fourth-order valence-electron chi connectivity index (χ4n) is 4.08. The quantitative estimate of drug-likeness (QED) is 0.790. The summed E-state index contributed by atoms with van der Waals surface area (Å²) in [5.41, 5.74) is 1.28. The molecule has 2 aromatic rings. The van der Waals surface area contributed by atoms with E-state index in [1.165, 1.54) is 0 Å². The van der Waals surface area contributed by atoms with Crippen LogP contribution >= 0.6 is 11.6 Å². The highest BCUT2D eigenvalue weighted by atomic mass is 35.5. The predicted octanol–water partition coefficient (Wildman–Crippen LogP) is 2.98. The summed E-state index contributed by atoms with van der Waals surface area (Å²) in [7, 11) is 2.12. The van der Waals surface area contributed by atoms with Gasteiger partial charge < -0.3 is 20.0 Å². The van der Waals surface area contributed by atoms with Gasteiger partial charge in [0.25, 0.3) is 5.91 Å². The molecule has 0 saturated carbocycles. The first-order chi connectivity index (χ1) is 15.0. The van der Waals surface area contributed by atoms with Crippen molar-refractivity contribution in [3.05, 3.63) is 53.2 Å². The maximum absolute atomic E-state index is 12.8. The van der Waals surface area contributed by atoms with E-state index in [0.717, 1.165) is 44.8 Å². The van der Waals surface area contributed by atoms with Gasteiger partial charge in [0.1, 0.15) is 5.82 Å². The van der Waals surface area contributed by atoms with Crippen molar-refractivity contribution in [1.82, 2.24) is 14.8 Å². The van der Waals surface area contributed by atoms with Gasteiger partial charge in [0, 0.05) is 49.9 Å². The van der Waals surface area contributed by atoms with Crippen LogP contribution < -0.4 is 10.2 Å². The van der Waals surface area contributed by atoms with Crippen LogP contribution in [0.1, 0.15) is 23.2 Å². The van der Waals surface area contributed by atoms with Gasteiger partial charge in [-0.3, -0.25) is 9.59 Å². The number of hydrogen-bond acceptors (Lipinski definition) is 5. The first-order valence-electron chi connectivity index (χ1n) is 10.7. The van der Waals surface area contributed by atoms with Crippen molar-refractivity contribution in [1.29, 1.82) is 0 Å². The highest BCUT2D eigenvalue weighted by Gasteiger charge is 2.29. The molecule has 1 atom stereocenters. The van der Waals surface area contributed by atoms with Crippen LogP contribution in [0.25, 0.3) is 0 Å². The minimum Gasteiger partial charge on any atom is -0.354 e. The van der Waals surface area contributed by atoms with E-state index < -0.39 is 0 Å². The average Bonchev–Trinajstić information content (AvgIpc) is 2.80. The van der Waals surface area contributed by atoms with Gasteiger partial charge in [0.05, 0.1) is 17.8 Å². The Morgan fingerprint density at radius 2 is 1.77 bits per heavy atom. The molecule has 2 aliphatic heterocycles. The third kappa shape index (κ3) is 5.35. The van der Waals surface area contributed by atoms with Crippen LogP contribution in [0.4, 0.5) is 11.5 Å². The first kappa shape index (κ1) is 21.6. The van der Waals surface area contributed by atoms with Gasteiger partial charge in [-0.15, -0.1) is 0 Å². The molecule has 164 valence electrons. The fraction of sp³-hybridized carbons (Fsp3) is 0.435. The molecule has 0 bridgehead atoms. The standard InChI is InChI=1S/C23H28ClN5O2/c1-27-11-13-28(14-12-27)21-9-8-20(15-25-21)26-22(30)18-3-2-10-29(16-18)23(31)17-4-6-19(24)7-5-17/h4-9,15,18H,2-3,10-14,16H2,1H3,(H,26,30). The summed E-state index contributed by atoms with van der Waals surface area (Å²) in [5.74, 6) is 0.570. The van der Waals surface area contributed by atoms with Crippen LogP contribution in [0.5, 0.6) is 0 Å². The molecular formula is C23H28ClN5O2. The van der Waals surface area contributed by atoms with Crippen LogP contribution in [0, 0.1) is 5.92 Å². The molecular weight excluding hydrogens is 414 g/mol. The number of nitrogens with zero attached hydrogens (tertiary/aromatic N) is 4. The summed E-state index contributed by atoms with van der Waals surface area (Å²) in [6, 6.07) is 10.7. The number of likely N-dealkylation sites (N-methyl/N-ethyl adjacent to an activating group) is 1. The largest absolute Gasteiger partial charge is 0.354 e. The molecule has 1 N–H and O–H groups in total. The zero-order chi connectivity index (χ0) is 21.8. The van der Waals surface area contributed by atoms with Crippen molar-refractivity contribution in [3.8, 4) is 0 Å². The normalized spacial score (nSPS) is 19.9. The van der Waals surface area contributed by atoms with E-state index in [0.29, 0.717) is 29.4 Å². The molecule has 7 nitrogen and oxygen atoms in total. The maximum atomic E-state index is 12.8. The molecule has 31 heavy (non-hydrogen) atoms. The van der Waals surface area contributed by atoms with E-state index in [1.807, 2.05) is 12.1 Å². The van der Waals surface area contributed by atoms with Crippen molar-refractivity contribution < 1.29 is 9.59 Å². The second-order valence-corrected chi connectivity index (χ2v) is 8.72. The average molecular weight is 442 g/mol. The summed E-state index contributed by atoms with van der Waals surface area (Å²) in [5, 5.41) is 3.57. The molecule has 4 rings (SSSR count). The van der Waals surface area contributed by atoms with E-state index in [1.54, 1.807) is 35.4 Å². The number of piperazine rings is 1. The topological polar surface area (TPSA) is 68.8 Å². The lowest BCUT2D eigenvalue weighted by atomic mass is 9.96. The Hall–Kier alpha value is -2.64. The number of pyridine rings is 1. The monoisotopic (exact) mass is 441 g/mol. The van der Waals surface area contributed by atoms with Crippen LogP contribution in [-0.2, 0) is 4.79 Å². The Morgan fingerprint density at radius 3 is 2.45 bits per heavy atom. The van der Waals surface area contributed by atoms with Gasteiger partial charge >= 0.3 is 0 Å². The van der Waals surface area contributed by atoms with Crippen molar-refractivity contribution in [2.75, 3.05) is 56.5 Å². The van der Waals surface area contributed by atoms with Gasteiger partial charge in [-0.25, -0.2) is 4.98 Å². The molecule has 2 amide bonds. The zero-order valence-corrected chi connectivity index (χ0v) is 18.5. The molecule has 2 aliphatic rings. The Bertz CT molecular complexity index is 911. The number of benzene rings is 1. The van der Waals surface area contributed by atoms with Crippen molar-refractivity contribution >= 4 is 34.9 Å². The number of amides is 2. The number of anilines is 2. The second-order valence-electron chi connectivity index (χ2n) is 8.28. The van der Waals surface area contributed by atoms with Gasteiger partial charge in [0.2, 0.25) is 5.91 Å². The number of rotatable bonds is 4. The Labute approximate surface area is 188 Å². The molecule has 0 spiro atoms. The van der Waals surface area contributed by atoms with Gasteiger partial charge in [0.15, 0.2) is 0 Å². The maximum Gasteiger partial charge on any atom is 0.253 e. The van der Waals surface area contributed by atoms with E-state index in [4.69, 9.17) is 11.6 Å². The Balaban J connectivity index is 1.33. The molecule has 0 radical (unpaired) electrons. The Kier molecular flexibility index (Phi) is 6.73. The number of likely N-dealkylation sites (tertiary alicyclic amines) is 1. The number of halogens is 1. The van der Waals surface area contributed by atoms with Gasteiger partial charge in [-0.2, -0.15) is 0 Å². The summed E-state index contributed by atoms with van der Waals surface area (Å²) in [6.45, 7) is 5.02. The Morgan fingerprint density at radius 1 is 1.03 bits per heavy atom. The lowest BCUT2D eigenvalue weighted by molar-refractivity contribution is -0.121. The summed E-state index contributed by atoms with van der Waals surface area (Å²) >= 11 is 5.92. The molecule has 1 aromatic heterocycles. The predicted molar refractivity (Wildman–Crippen MR) is 123 cm³/mol. The summed E-state index contributed by atoms with van der Waals surface area (Å²) < 4.78 is 0. The minimum atomic E-state index is -0.234. The van der Waals surface area contributed by atoms with E-state index in [-0.39, 0.29) is 17.7 Å². The molecule has 0 aliphatic carbocycles. The smallest absolute Gasteiger partial charge is 0.253 e. The van der Waals surface area contributed by atoms with Crippen LogP contribution in [0.2, 0.25) is 5.02 Å². The summed E-state index contributed by atoms with van der Waals surface area (Å²) in [4.78, 5) is 36.5. The second kappa shape index (κ2) is 9.66. The number of carbonyl (C=O) groups is 2. The van der Waals surface area contributed by atoms with Gasteiger partial charge in [-0.05, 0) is 56.3 Å². The SMILES string of the molecule is CN1CCN(c2ccc(NC(=O)C3CCCN(C(=O)c4ccc(Cl)cc4)C3)cn2)CC1. The van der Waals surface area contributed by atoms with Crippen molar-refractivity contribution in [2.45, 2.75) is 12.8 Å². The minimum absolute atomic E-state index is 0.0626. The number of nitrogens with one attached hydrogen (secondary N) is 1. The van der Waals surface area contributed by atoms with Crippen LogP contribution in [-0.4, -0.2) is 72.9 Å². The molecule has 1 aromatic carbocycles. The highest BCUT2D eigenvalue weighted by molar-refractivity contribution is 6.30. The number of hydrogen-bond donors (Lipinski definition) is 1. The van der Waals surface area contributed by atoms with Crippen LogP contribution in [0.15, 0.2) is 42.6 Å². The zero-order valence-electron chi connectivity index (χ0n) is 17.8. The van der Waals surface area contributed by atoms with Crippen molar-refractivity contribution in [2.24, 2.45) is 5.92 Å². The molecule has 2 saturated heterocycles. The number of piperidine rings is 1. The number of aromatic nitrogens is 1. The molecule has 2 fully saturated rings. The molecule has 1 unspecified atom stereocenters. The third-order valence-corrected chi connectivity index (χ3v) is 6.27. The first-order valence-corrected chi connectivity index (χ1v) is 11.1. The van der Waals surface area contributed by atoms with Crippen LogP contribution in [0.3, 0.4) is 0 Å². The fourth-order valence-corrected chi connectivity index (χ4v) is 4.20. The molecule has 3 heterocycles. The lowest BCUT2D eigenvalue weighted by Crippen LogP contribution is -2.44. The number of carbonyl (C=O) groups excluding carboxylic acids is 2. The molecule has 8 heteroatoms. The summed E-state index contributed by atoms with van der Waals surface area (Å²) in [6.07, 6.45) is 3.28. The third-order valence-electron chi connectivity index (χ3n) is 6.01. The van der Waals surface area contributed by atoms with E-state index in [2.05, 4.69) is 27.1 Å².